The summed E-state index contributed by atoms with van der Waals surface area (Å²) in [5.41, 5.74) is 1.08. The van der Waals surface area contributed by atoms with Gasteiger partial charge in [0.2, 0.25) is 0 Å². The fourth-order valence-corrected chi connectivity index (χ4v) is 3.16. The Morgan fingerprint density at radius 3 is 2.39 bits per heavy atom. The van der Waals surface area contributed by atoms with Gasteiger partial charge >= 0.3 is 0 Å². The predicted octanol–water partition coefficient (Wildman–Crippen LogP) is 5.93. The van der Waals surface area contributed by atoms with Crippen molar-refractivity contribution in [3.8, 4) is 0 Å². The number of benzene rings is 1. The molecule has 2 unspecified atom stereocenters. The lowest BCUT2D eigenvalue weighted by Crippen LogP contribution is -2.09. The lowest BCUT2D eigenvalue weighted by Gasteiger charge is -2.22. The van der Waals surface area contributed by atoms with Crippen LogP contribution in [0.15, 0.2) is 12.1 Å². The highest BCUT2D eigenvalue weighted by Crippen LogP contribution is 2.38. The molecular weight excluding hydrogens is 298 g/mol. The van der Waals surface area contributed by atoms with Crippen LogP contribution in [-0.4, -0.2) is 0 Å². The Morgan fingerprint density at radius 2 is 1.83 bits per heavy atom. The average molecular weight is 319 g/mol. The molecule has 3 heteroatoms. The predicted molar refractivity (Wildman–Crippen MR) is 76.1 cm³/mol. The Kier molecular flexibility index (Phi) is 6.27. The maximum Gasteiger partial charge on any atom is 0.130 e. The first-order chi connectivity index (χ1) is 8.51. The second-order valence-corrected chi connectivity index (χ2v) is 5.82. The quantitative estimate of drug-likeness (QED) is 0.570. The summed E-state index contributed by atoms with van der Waals surface area (Å²) in [5, 5.41) is 0. The summed E-state index contributed by atoms with van der Waals surface area (Å²) in [7, 11) is 0. The van der Waals surface area contributed by atoms with Crippen molar-refractivity contribution in [1.82, 2.24) is 0 Å². The van der Waals surface area contributed by atoms with E-state index >= 15 is 0 Å². The van der Waals surface area contributed by atoms with E-state index in [1.165, 1.54) is 0 Å². The number of alkyl halides is 1. The van der Waals surface area contributed by atoms with Gasteiger partial charge in [-0.2, -0.15) is 0 Å². The minimum atomic E-state index is -0.474. The molecule has 0 aromatic heterocycles. The molecule has 2 atom stereocenters. The van der Waals surface area contributed by atoms with Gasteiger partial charge < -0.3 is 0 Å². The molecule has 18 heavy (non-hydrogen) atoms. The number of rotatable bonds is 6. The van der Waals surface area contributed by atoms with Gasteiger partial charge in [-0.05, 0) is 30.9 Å². The maximum absolute atomic E-state index is 13.8. The second kappa shape index (κ2) is 7.22. The molecule has 0 aliphatic carbocycles. The van der Waals surface area contributed by atoms with Crippen molar-refractivity contribution < 1.29 is 8.78 Å². The van der Waals surface area contributed by atoms with E-state index in [0.717, 1.165) is 31.7 Å². The zero-order chi connectivity index (χ0) is 13.7. The van der Waals surface area contributed by atoms with Crippen LogP contribution in [0.2, 0.25) is 0 Å². The lowest BCUT2D eigenvalue weighted by molar-refractivity contribution is 0.435. The van der Waals surface area contributed by atoms with Gasteiger partial charge in [0.05, 0.1) is 0 Å². The van der Waals surface area contributed by atoms with Crippen LogP contribution in [0.1, 0.15) is 55.5 Å². The molecule has 0 heterocycles. The number of hydrogen-bond donors (Lipinski definition) is 0. The highest BCUT2D eigenvalue weighted by molar-refractivity contribution is 9.09. The fraction of sp³-hybridized carbons (Fsp3) is 0.600. The first-order valence-corrected chi connectivity index (χ1v) is 7.52. The van der Waals surface area contributed by atoms with Gasteiger partial charge in [-0.3, -0.25) is 0 Å². The summed E-state index contributed by atoms with van der Waals surface area (Å²) in [4.78, 5) is -0.0339. The summed E-state index contributed by atoms with van der Waals surface area (Å²) in [6.45, 7) is 5.94. The van der Waals surface area contributed by atoms with Gasteiger partial charge in [0.1, 0.15) is 11.6 Å². The van der Waals surface area contributed by atoms with Crippen LogP contribution in [-0.2, 0) is 0 Å². The zero-order valence-corrected chi connectivity index (χ0v) is 12.9. The summed E-state index contributed by atoms with van der Waals surface area (Å²) in [5.74, 6) is -0.531. The van der Waals surface area contributed by atoms with E-state index in [9.17, 15) is 8.78 Å². The van der Waals surface area contributed by atoms with Crippen molar-refractivity contribution in [2.24, 2.45) is 5.92 Å². The van der Waals surface area contributed by atoms with Gasteiger partial charge in [0.25, 0.3) is 0 Å². The molecule has 0 N–H and O–H groups in total. The largest absolute Gasteiger partial charge is 0.207 e. The molecule has 0 saturated carbocycles. The topological polar surface area (TPSA) is 0 Å². The third-order valence-electron chi connectivity index (χ3n) is 3.44. The van der Waals surface area contributed by atoms with Crippen molar-refractivity contribution in [1.29, 1.82) is 0 Å². The molecule has 0 nitrogen and oxygen atoms in total. The smallest absolute Gasteiger partial charge is 0.130 e. The Morgan fingerprint density at radius 1 is 1.17 bits per heavy atom. The van der Waals surface area contributed by atoms with Crippen molar-refractivity contribution in [2.75, 3.05) is 0 Å². The van der Waals surface area contributed by atoms with Crippen molar-refractivity contribution in [2.45, 2.75) is 51.3 Å². The van der Waals surface area contributed by atoms with Gasteiger partial charge in [-0.1, -0.05) is 49.0 Å². The second-order valence-electron chi connectivity index (χ2n) is 4.84. The molecule has 0 aliphatic rings. The number of halogens is 3. The zero-order valence-electron chi connectivity index (χ0n) is 11.3. The Labute approximate surface area is 117 Å². The van der Waals surface area contributed by atoms with E-state index in [-0.39, 0.29) is 4.83 Å². The molecule has 0 bridgehead atoms. The highest BCUT2D eigenvalue weighted by Gasteiger charge is 2.22. The standard InChI is InChI=1S/C15H21BrF2/c1-4-6-7-11(5-2)15(16)12-8-10(3)13(17)9-14(12)18/h8-9,11,15H,4-7H2,1-3H3. The molecule has 0 amide bonds. The van der Waals surface area contributed by atoms with Crippen LogP contribution in [0.4, 0.5) is 8.78 Å². The van der Waals surface area contributed by atoms with Crippen LogP contribution in [0.5, 0.6) is 0 Å². The van der Waals surface area contributed by atoms with E-state index < -0.39 is 11.6 Å². The van der Waals surface area contributed by atoms with E-state index in [1.54, 1.807) is 13.0 Å². The fourth-order valence-electron chi connectivity index (χ4n) is 2.17. The van der Waals surface area contributed by atoms with Gasteiger partial charge in [0, 0.05) is 16.5 Å². The first-order valence-electron chi connectivity index (χ1n) is 6.60. The molecule has 1 rings (SSSR count). The highest BCUT2D eigenvalue weighted by atomic mass is 79.9. The summed E-state index contributed by atoms with van der Waals surface area (Å²) >= 11 is 3.59. The average Bonchev–Trinajstić information content (AvgIpc) is 2.34. The lowest BCUT2D eigenvalue weighted by atomic mass is 9.91. The number of unbranched alkanes of at least 4 members (excludes halogenated alkanes) is 1. The van der Waals surface area contributed by atoms with Crippen molar-refractivity contribution >= 4 is 15.9 Å². The van der Waals surface area contributed by atoms with Gasteiger partial charge in [-0.25, -0.2) is 8.78 Å². The van der Waals surface area contributed by atoms with Crippen molar-refractivity contribution in [3.05, 3.63) is 34.9 Å². The number of aryl methyl sites for hydroxylation is 1. The molecule has 102 valence electrons. The molecule has 0 fully saturated rings. The van der Waals surface area contributed by atoms with Crippen molar-refractivity contribution in [3.63, 3.8) is 0 Å². The summed E-state index contributed by atoms with van der Waals surface area (Å²) < 4.78 is 27.1. The third-order valence-corrected chi connectivity index (χ3v) is 4.68. The molecular formula is C15H21BrF2. The maximum atomic E-state index is 13.8. The molecule has 0 aliphatic heterocycles. The molecule has 0 saturated heterocycles. The molecule has 1 aromatic carbocycles. The van der Waals surface area contributed by atoms with E-state index in [2.05, 4.69) is 29.8 Å². The molecule has 0 spiro atoms. The summed E-state index contributed by atoms with van der Waals surface area (Å²) in [6, 6.07) is 2.62. The molecule has 0 radical (unpaired) electrons. The van der Waals surface area contributed by atoms with E-state index in [1.807, 2.05) is 0 Å². The normalized spacial score (nSPS) is 14.6. The minimum absolute atomic E-state index is 0.0339. The van der Waals surface area contributed by atoms with Crippen LogP contribution < -0.4 is 0 Å². The SMILES string of the molecule is CCCCC(CC)C(Br)c1cc(C)c(F)cc1F. The van der Waals surface area contributed by atoms with Gasteiger partial charge in [0.15, 0.2) is 0 Å². The monoisotopic (exact) mass is 318 g/mol. The Balaban J connectivity index is 2.94. The van der Waals surface area contributed by atoms with Gasteiger partial charge in [-0.15, -0.1) is 0 Å². The van der Waals surface area contributed by atoms with Crippen LogP contribution in [0.25, 0.3) is 0 Å². The van der Waals surface area contributed by atoms with Crippen LogP contribution in [0.3, 0.4) is 0 Å². The van der Waals surface area contributed by atoms with Crippen LogP contribution >= 0.6 is 15.9 Å². The van der Waals surface area contributed by atoms with E-state index in [4.69, 9.17) is 0 Å². The first kappa shape index (κ1) is 15.6. The minimum Gasteiger partial charge on any atom is -0.207 e. The Hall–Kier alpha value is -0.440. The summed E-state index contributed by atoms with van der Waals surface area (Å²) in [6.07, 6.45) is 4.34. The molecule has 1 aromatic rings. The van der Waals surface area contributed by atoms with Crippen LogP contribution in [0, 0.1) is 24.5 Å². The Bertz CT molecular complexity index is 390. The third kappa shape index (κ3) is 3.78. The van der Waals surface area contributed by atoms with E-state index in [0.29, 0.717) is 17.0 Å². The number of hydrogen-bond acceptors (Lipinski definition) is 0.